The molecule has 168 valence electrons. The number of aryl methyl sites for hydroxylation is 2. The molecule has 4 aromatic rings. The summed E-state index contributed by atoms with van der Waals surface area (Å²) in [6.07, 6.45) is 0. The topological polar surface area (TPSA) is 51.1 Å². The van der Waals surface area contributed by atoms with Gasteiger partial charge in [-0.25, -0.2) is 28.1 Å². The van der Waals surface area contributed by atoms with Gasteiger partial charge in [0.05, 0.1) is 18.9 Å². The number of anilines is 1. The number of pyridine rings is 1. The minimum Gasteiger partial charge on any atom is -0.378 e. The van der Waals surface area contributed by atoms with Gasteiger partial charge in [-0.05, 0) is 55.8 Å². The van der Waals surface area contributed by atoms with Crippen molar-refractivity contribution in [2.24, 2.45) is 0 Å². The van der Waals surface area contributed by atoms with Crippen LogP contribution in [0, 0.1) is 31.3 Å². The van der Waals surface area contributed by atoms with Crippen LogP contribution in [0.3, 0.4) is 0 Å². The van der Waals surface area contributed by atoms with Crippen molar-refractivity contribution in [3.63, 3.8) is 0 Å². The molecule has 0 spiro atoms. The van der Waals surface area contributed by atoms with Crippen LogP contribution in [0.2, 0.25) is 0 Å². The van der Waals surface area contributed by atoms with E-state index in [4.69, 9.17) is 4.74 Å². The Labute approximate surface area is 188 Å². The summed E-state index contributed by atoms with van der Waals surface area (Å²) >= 11 is 0. The molecule has 0 amide bonds. The molecular weight excluding hydrogens is 429 g/mol. The van der Waals surface area contributed by atoms with Crippen LogP contribution >= 0.6 is 0 Å². The highest BCUT2D eigenvalue weighted by Gasteiger charge is 2.19. The fourth-order valence-electron chi connectivity index (χ4n) is 3.97. The molecule has 0 radical (unpaired) electrons. The number of benzene rings is 2. The first-order valence-electron chi connectivity index (χ1n) is 10.6. The first-order valence-corrected chi connectivity index (χ1v) is 10.6. The van der Waals surface area contributed by atoms with Crippen LogP contribution in [0.5, 0.6) is 0 Å². The van der Waals surface area contributed by atoms with Gasteiger partial charge in [-0.2, -0.15) is 0 Å². The number of fused-ring (bicyclic) bond motifs is 1. The molecule has 0 saturated carbocycles. The van der Waals surface area contributed by atoms with E-state index in [0.717, 1.165) is 17.3 Å². The van der Waals surface area contributed by atoms with Crippen molar-refractivity contribution in [3.8, 4) is 22.6 Å². The van der Waals surface area contributed by atoms with Gasteiger partial charge >= 0.3 is 0 Å². The zero-order valence-corrected chi connectivity index (χ0v) is 18.2. The van der Waals surface area contributed by atoms with Crippen LogP contribution in [-0.4, -0.2) is 41.3 Å². The first kappa shape index (κ1) is 21.3. The predicted molar refractivity (Wildman–Crippen MR) is 121 cm³/mol. The number of rotatable bonds is 3. The number of morpholine rings is 1. The third-order valence-corrected chi connectivity index (χ3v) is 5.83. The molecule has 2 aromatic heterocycles. The number of aromatic nitrogens is 3. The highest BCUT2D eigenvalue weighted by molar-refractivity contribution is 5.92. The van der Waals surface area contributed by atoms with Crippen molar-refractivity contribution >= 4 is 16.7 Å². The van der Waals surface area contributed by atoms with Crippen molar-refractivity contribution < 1.29 is 17.9 Å². The van der Waals surface area contributed by atoms with E-state index in [-0.39, 0.29) is 17.1 Å². The molecule has 3 heterocycles. The van der Waals surface area contributed by atoms with Gasteiger partial charge in [0.2, 0.25) is 0 Å². The molecule has 0 bridgehead atoms. The van der Waals surface area contributed by atoms with Gasteiger partial charge in [0, 0.05) is 47.1 Å². The van der Waals surface area contributed by atoms with Crippen molar-refractivity contribution in [2.45, 2.75) is 13.8 Å². The lowest BCUT2D eigenvalue weighted by atomic mass is 10.0. The Balaban J connectivity index is 1.73. The Kier molecular flexibility index (Phi) is 5.46. The average Bonchev–Trinajstić information content (AvgIpc) is 2.80. The Bertz CT molecular complexity index is 1370. The highest BCUT2D eigenvalue weighted by Crippen LogP contribution is 2.33. The summed E-state index contributed by atoms with van der Waals surface area (Å²) in [7, 11) is 0. The minimum absolute atomic E-state index is 0.125. The zero-order valence-electron chi connectivity index (χ0n) is 18.2. The Morgan fingerprint density at radius 2 is 1.64 bits per heavy atom. The maximum atomic E-state index is 14.7. The van der Waals surface area contributed by atoms with E-state index in [1.54, 1.807) is 6.07 Å². The molecule has 0 N–H and O–H groups in total. The van der Waals surface area contributed by atoms with E-state index in [0.29, 0.717) is 48.6 Å². The van der Waals surface area contributed by atoms with Crippen molar-refractivity contribution in [2.75, 3.05) is 31.2 Å². The number of hydrogen-bond acceptors (Lipinski definition) is 5. The molecule has 5 nitrogen and oxygen atoms in total. The quantitative estimate of drug-likeness (QED) is 0.428. The standard InChI is InChI=1S/C25H21F3N4O/c1-14-9-21-23(20-4-3-17(26)13-22(20)28)30-24(31-25(21)29-15(14)2)16-10-18(27)12-19(11-16)32-5-7-33-8-6-32/h3-4,9-13H,5-8H2,1-2H3. The molecule has 1 aliphatic rings. The van der Waals surface area contributed by atoms with E-state index in [1.165, 1.54) is 24.3 Å². The molecule has 2 aromatic carbocycles. The Morgan fingerprint density at radius 1 is 0.848 bits per heavy atom. The minimum atomic E-state index is -0.743. The van der Waals surface area contributed by atoms with Crippen molar-refractivity contribution in [1.29, 1.82) is 0 Å². The van der Waals surface area contributed by atoms with E-state index in [2.05, 4.69) is 15.0 Å². The summed E-state index contributed by atoms with van der Waals surface area (Å²) in [5, 5.41) is 0.539. The van der Waals surface area contributed by atoms with Crippen LogP contribution in [0.15, 0.2) is 42.5 Å². The van der Waals surface area contributed by atoms with Crippen LogP contribution in [0.25, 0.3) is 33.7 Å². The van der Waals surface area contributed by atoms with Crippen LogP contribution < -0.4 is 4.90 Å². The summed E-state index contributed by atoms with van der Waals surface area (Å²) < 4.78 is 48.3. The van der Waals surface area contributed by atoms with Gasteiger partial charge in [-0.15, -0.1) is 0 Å². The average molecular weight is 450 g/mol. The van der Waals surface area contributed by atoms with Crippen LogP contribution in [0.1, 0.15) is 11.3 Å². The van der Waals surface area contributed by atoms with Crippen molar-refractivity contribution in [1.82, 2.24) is 15.0 Å². The van der Waals surface area contributed by atoms with Crippen molar-refractivity contribution in [3.05, 3.63) is 71.2 Å². The monoisotopic (exact) mass is 450 g/mol. The van der Waals surface area contributed by atoms with Gasteiger partial charge < -0.3 is 9.64 Å². The largest absolute Gasteiger partial charge is 0.378 e. The second kappa shape index (κ2) is 8.44. The molecule has 0 atom stereocenters. The normalized spacial score (nSPS) is 14.2. The van der Waals surface area contributed by atoms with Gasteiger partial charge in [0.15, 0.2) is 11.5 Å². The predicted octanol–water partition coefficient (Wildman–Crippen LogP) is 5.23. The Morgan fingerprint density at radius 3 is 2.39 bits per heavy atom. The molecule has 0 unspecified atom stereocenters. The number of halogens is 3. The molecule has 5 rings (SSSR count). The second-order valence-electron chi connectivity index (χ2n) is 8.08. The molecule has 1 fully saturated rings. The third kappa shape index (κ3) is 4.14. The van der Waals surface area contributed by atoms with Gasteiger partial charge in [-0.1, -0.05) is 0 Å². The number of ether oxygens (including phenoxy) is 1. The Hall–Kier alpha value is -3.52. The SMILES string of the molecule is Cc1cc2c(-c3ccc(F)cc3F)nc(-c3cc(F)cc(N4CCOCC4)c3)nc2nc1C. The fraction of sp³-hybridized carbons (Fsp3) is 0.240. The van der Waals surface area contributed by atoms with E-state index in [1.807, 2.05) is 24.8 Å². The summed E-state index contributed by atoms with van der Waals surface area (Å²) in [6.45, 7) is 6.17. The summed E-state index contributed by atoms with van der Waals surface area (Å²) in [4.78, 5) is 15.8. The lowest BCUT2D eigenvalue weighted by Crippen LogP contribution is -2.36. The summed E-state index contributed by atoms with van der Waals surface area (Å²) in [5.74, 6) is -1.64. The van der Waals surface area contributed by atoms with E-state index in [9.17, 15) is 13.2 Å². The smallest absolute Gasteiger partial charge is 0.164 e. The van der Waals surface area contributed by atoms with Crippen LogP contribution in [-0.2, 0) is 4.74 Å². The van der Waals surface area contributed by atoms with Gasteiger partial charge in [0.1, 0.15) is 17.5 Å². The first-order chi connectivity index (χ1) is 15.9. The lowest BCUT2D eigenvalue weighted by Gasteiger charge is -2.29. The zero-order chi connectivity index (χ0) is 23.1. The number of hydrogen-bond donors (Lipinski definition) is 0. The highest BCUT2D eigenvalue weighted by atomic mass is 19.1. The maximum absolute atomic E-state index is 14.7. The molecular formula is C25H21F3N4O. The third-order valence-electron chi connectivity index (χ3n) is 5.83. The number of nitrogens with zero attached hydrogens (tertiary/aromatic N) is 4. The second-order valence-corrected chi connectivity index (χ2v) is 8.08. The fourth-order valence-corrected chi connectivity index (χ4v) is 3.97. The summed E-state index contributed by atoms with van der Waals surface area (Å²) in [5.41, 5.74) is 3.56. The molecule has 8 heteroatoms. The van der Waals surface area contributed by atoms with Crippen LogP contribution in [0.4, 0.5) is 18.9 Å². The molecule has 1 saturated heterocycles. The van der Waals surface area contributed by atoms with E-state index < -0.39 is 17.5 Å². The lowest BCUT2D eigenvalue weighted by molar-refractivity contribution is 0.122. The molecule has 33 heavy (non-hydrogen) atoms. The van der Waals surface area contributed by atoms with Gasteiger partial charge in [-0.3, -0.25) is 0 Å². The molecule has 0 aliphatic carbocycles. The summed E-state index contributed by atoms with van der Waals surface area (Å²) in [6, 6.07) is 9.79. The van der Waals surface area contributed by atoms with Gasteiger partial charge in [0.25, 0.3) is 0 Å². The van der Waals surface area contributed by atoms with E-state index >= 15 is 0 Å². The molecule has 1 aliphatic heterocycles. The maximum Gasteiger partial charge on any atom is 0.164 e.